The zero-order chi connectivity index (χ0) is 12.7. The van der Waals surface area contributed by atoms with Crippen molar-refractivity contribution in [2.45, 2.75) is 6.92 Å². The fraction of sp³-hybridized carbons (Fsp3) is 0.364. The molecule has 6 heteroatoms. The summed E-state index contributed by atoms with van der Waals surface area (Å²) in [4.78, 5) is 18.7. The Hall–Kier alpha value is -1.74. The molecule has 17 heavy (non-hydrogen) atoms. The molecule has 1 aromatic heterocycles. The first kappa shape index (κ1) is 13.3. The molecule has 5 nitrogen and oxygen atoms in total. The van der Waals surface area contributed by atoms with Crippen LogP contribution in [0, 0.1) is 19.3 Å². The van der Waals surface area contributed by atoms with Gasteiger partial charge in [-0.3, -0.25) is 0 Å². The van der Waals surface area contributed by atoms with Crippen LogP contribution in [-0.4, -0.2) is 39.1 Å². The highest BCUT2D eigenvalue weighted by atomic mass is 32.2. The molecule has 0 bridgehead atoms. The first-order valence-corrected chi connectivity index (χ1v) is 6.12. The standard InChI is InChI=1S/C11H13N3O2S/c1-3-5-17-6-4-12-11-13-7-9(10(15)16)8(2)14-11/h1,7H,4-6H2,2H3,(H,15,16)(H,12,13,14). The minimum atomic E-state index is -1.02. The van der Waals surface area contributed by atoms with Gasteiger partial charge in [-0.15, -0.1) is 18.2 Å². The van der Waals surface area contributed by atoms with Gasteiger partial charge in [-0.05, 0) is 6.92 Å². The molecule has 0 fully saturated rings. The van der Waals surface area contributed by atoms with Crippen LogP contribution in [0.5, 0.6) is 0 Å². The molecule has 0 aliphatic carbocycles. The Morgan fingerprint density at radius 3 is 3.06 bits per heavy atom. The summed E-state index contributed by atoms with van der Waals surface area (Å²) in [6, 6.07) is 0. The molecule has 1 heterocycles. The molecule has 0 saturated heterocycles. The summed E-state index contributed by atoms with van der Waals surface area (Å²) in [6.07, 6.45) is 6.42. The van der Waals surface area contributed by atoms with Crippen molar-refractivity contribution in [1.29, 1.82) is 0 Å². The van der Waals surface area contributed by atoms with Crippen LogP contribution in [0.2, 0.25) is 0 Å². The van der Waals surface area contributed by atoms with Gasteiger partial charge in [0.25, 0.3) is 0 Å². The number of carboxylic acids is 1. The van der Waals surface area contributed by atoms with Crippen LogP contribution >= 0.6 is 11.8 Å². The number of carbonyl (C=O) groups is 1. The van der Waals surface area contributed by atoms with Crippen molar-refractivity contribution >= 4 is 23.7 Å². The summed E-state index contributed by atoms with van der Waals surface area (Å²) in [5.74, 6) is 3.49. The Labute approximate surface area is 104 Å². The predicted molar refractivity (Wildman–Crippen MR) is 68.4 cm³/mol. The summed E-state index contributed by atoms with van der Waals surface area (Å²) in [6.45, 7) is 2.33. The van der Waals surface area contributed by atoms with E-state index in [-0.39, 0.29) is 5.56 Å². The smallest absolute Gasteiger partial charge is 0.339 e. The number of rotatable bonds is 6. The monoisotopic (exact) mass is 251 g/mol. The van der Waals surface area contributed by atoms with Crippen molar-refractivity contribution in [3.05, 3.63) is 17.5 Å². The third-order valence-electron chi connectivity index (χ3n) is 1.92. The van der Waals surface area contributed by atoms with Crippen LogP contribution < -0.4 is 5.32 Å². The van der Waals surface area contributed by atoms with Gasteiger partial charge in [0.05, 0.1) is 17.0 Å². The Bertz CT molecular complexity index is 443. The highest BCUT2D eigenvalue weighted by molar-refractivity contribution is 7.99. The fourth-order valence-electron chi connectivity index (χ4n) is 1.13. The molecule has 0 amide bonds. The van der Waals surface area contributed by atoms with Crippen molar-refractivity contribution in [3.8, 4) is 12.3 Å². The Morgan fingerprint density at radius 1 is 1.71 bits per heavy atom. The van der Waals surface area contributed by atoms with Crippen molar-refractivity contribution in [1.82, 2.24) is 9.97 Å². The van der Waals surface area contributed by atoms with E-state index in [0.29, 0.717) is 23.9 Å². The van der Waals surface area contributed by atoms with Crippen molar-refractivity contribution in [3.63, 3.8) is 0 Å². The average molecular weight is 251 g/mol. The second-order valence-electron chi connectivity index (χ2n) is 3.18. The lowest BCUT2D eigenvalue weighted by atomic mass is 10.2. The van der Waals surface area contributed by atoms with Crippen molar-refractivity contribution in [2.24, 2.45) is 0 Å². The maximum Gasteiger partial charge on any atom is 0.339 e. The Balaban J connectivity index is 2.48. The zero-order valence-electron chi connectivity index (χ0n) is 9.43. The van der Waals surface area contributed by atoms with E-state index in [2.05, 4.69) is 21.2 Å². The number of carboxylic acid groups (broad SMARTS) is 1. The lowest BCUT2D eigenvalue weighted by Crippen LogP contribution is -2.10. The number of aromatic nitrogens is 2. The summed E-state index contributed by atoms with van der Waals surface area (Å²) in [5, 5.41) is 11.8. The van der Waals surface area contributed by atoms with E-state index >= 15 is 0 Å². The second kappa shape index (κ2) is 6.76. The minimum absolute atomic E-state index is 0.122. The first-order valence-electron chi connectivity index (χ1n) is 4.97. The molecular formula is C11H13N3O2S. The number of aryl methyl sites for hydroxylation is 1. The number of hydrogen-bond acceptors (Lipinski definition) is 5. The number of thioether (sulfide) groups is 1. The zero-order valence-corrected chi connectivity index (χ0v) is 10.3. The van der Waals surface area contributed by atoms with Gasteiger partial charge >= 0.3 is 5.97 Å². The Kier molecular flexibility index (Phi) is 5.30. The van der Waals surface area contributed by atoms with E-state index in [9.17, 15) is 4.79 Å². The van der Waals surface area contributed by atoms with Crippen LogP contribution in [-0.2, 0) is 0 Å². The van der Waals surface area contributed by atoms with Gasteiger partial charge < -0.3 is 10.4 Å². The van der Waals surface area contributed by atoms with Crippen LogP contribution in [0.3, 0.4) is 0 Å². The molecule has 0 aromatic carbocycles. The molecular weight excluding hydrogens is 238 g/mol. The van der Waals surface area contributed by atoms with Crippen LogP contribution in [0.4, 0.5) is 5.95 Å². The average Bonchev–Trinajstić information content (AvgIpc) is 2.28. The quantitative estimate of drug-likeness (QED) is 0.585. The Morgan fingerprint density at radius 2 is 2.47 bits per heavy atom. The topological polar surface area (TPSA) is 75.1 Å². The predicted octanol–water partition coefficient (Wildman–Crippen LogP) is 1.26. The van der Waals surface area contributed by atoms with E-state index in [1.807, 2.05) is 0 Å². The summed E-state index contributed by atoms with van der Waals surface area (Å²) in [7, 11) is 0. The SMILES string of the molecule is C#CCSCCNc1ncc(C(=O)O)c(C)n1. The van der Waals surface area contributed by atoms with Crippen molar-refractivity contribution in [2.75, 3.05) is 23.4 Å². The molecule has 0 unspecified atom stereocenters. The molecule has 1 rings (SSSR count). The minimum Gasteiger partial charge on any atom is -0.478 e. The third-order valence-corrected chi connectivity index (χ3v) is 2.79. The van der Waals surface area contributed by atoms with Crippen LogP contribution in [0.15, 0.2) is 6.20 Å². The largest absolute Gasteiger partial charge is 0.478 e. The van der Waals surface area contributed by atoms with Gasteiger partial charge in [-0.2, -0.15) is 0 Å². The van der Waals surface area contributed by atoms with E-state index in [0.717, 1.165) is 5.75 Å². The van der Waals surface area contributed by atoms with Gasteiger partial charge in [0, 0.05) is 18.5 Å². The number of nitrogens with zero attached hydrogens (tertiary/aromatic N) is 2. The maximum atomic E-state index is 10.7. The summed E-state index contributed by atoms with van der Waals surface area (Å²) < 4.78 is 0. The van der Waals surface area contributed by atoms with Crippen LogP contribution in [0.1, 0.15) is 16.1 Å². The van der Waals surface area contributed by atoms with Gasteiger partial charge in [-0.25, -0.2) is 14.8 Å². The van der Waals surface area contributed by atoms with Crippen LogP contribution in [0.25, 0.3) is 0 Å². The number of nitrogens with one attached hydrogen (secondary N) is 1. The van der Waals surface area contributed by atoms with E-state index in [1.54, 1.807) is 18.7 Å². The molecule has 2 N–H and O–H groups in total. The van der Waals surface area contributed by atoms with E-state index in [1.165, 1.54) is 6.20 Å². The molecule has 90 valence electrons. The lowest BCUT2D eigenvalue weighted by Gasteiger charge is -2.05. The van der Waals surface area contributed by atoms with E-state index < -0.39 is 5.97 Å². The molecule has 0 radical (unpaired) electrons. The highest BCUT2D eigenvalue weighted by Crippen LogP contribution is 2.07. The molecule has 1 aromatic rings. The van der Waals surface area contributed by atoms with Gasteiger partial charge in [0.15, 0.2) is 0 Å². The number of anilines is 1. The summed E-state index contributed by atoms with van der Waals surface area (Å²) >= 11 is 1.64. The lowest BCUT2D eigenvalue weighted by molar-refractivity contribution is 0.0695. The maximum absolute atomic E-state index is 10.7. The highest BCUT2D eigenvalue weighted by Gasteiger charge is 2.09. The number of terminal acetylenes is 1. The molecule has 0 aliphatic rings. The first-order chi connectivity index (χ1) is 8.15. The van der Waals surface area contributed by atoms with Gasteiger partial charge in [0.1, 0.15) is 0 Å². The van der Waals surface area contributed by atoms with Crippen molar-refractivity contribution < 1.29 is 9.90 Å². The fourth-order valence-corrected chi connectivity index (χ4v) is 1.64. The normalized spacial score (nSPS) is 9.65. The number of aromatic carboxylic acids is 1. The molecule has 0 aliphatic heterocycles. The molecule has 0 spiro atoms. The molecule has 0 saturated carbocycles. The van der Waals surface area contributed by atoms with Gasteiger partial charge in [0.2, 0.25) is 5.95 Å². The van der Waals surface area contributed by atoms with Gasteiger partial charge in [-0.1, -0.05) is 5.92 Å². The molecule has 0 atom stereocenters. The second-order valence-corrected chi connectivity index (χ2v) is 4.29. The third kappa shape index (κ3) is 4.33. The number of hydrogen-bond donors (Lipinski definition) is 2. The summed E-state index contributed by atoms with van der Waals surface area (Å²) in [5.41, 5.74) is 0.573. The van der Waals surface area contributed by atoms with E-state index in [4.69, 9.17) is 11.5 Å².